The van der Waals surface area contributed by atoms with E-state index in [0.717, 1.165) is 48.8 Å². The number of fused-ring (bicyclic) bond motifs is 3. The third-order valence-electron chi connectivity index (χ3n) is 7.42. The zero-order valence-corrected chi connectivity index (χ0v) is 24.3. The Hall–Kier alpha value is -1.32. The van der Waals surface area contributed by atoms with Gasteiger partial charge in [-0.1, -0.05) is 57.1 Å². The molecule has 0 radical (unpaired) electrons. The standard InChI is InChI=1S/C26H45N4O2Si2/c1-33(2,3)13-11-31-19-29(20-32-12-14-34(4,5)6)26-18-24(28-25-9-10-27-30(25)26)23-16-21-7-8-22(15-21)17-23/h9,18,21-23H,7-8,11-17,19-20H2,1-6H3/q+1. The van der Waals surface area contributed by atoms with Crippen molar-refractivity contribution < 1.29 is 9.47 Å². The van der Waals surface area contributed by atoms with E-state index in [9.17, 15) is 0 Å². The van der Waals surface area contributed by atoms with Gasteiger partial charge in [-0.25, -0.2) is 0 Å². The lowest BCUT2D eigenvalue weighted by atomic mass is 9.78. The summed E-state index contributed by atoms with van der Waals surface area (Å²) < 4.78 is 12.4. The minimum atomic E-state index is -1.14. The van der Waals surface area contributed by atoms with Crippen LogP contribution in [0.4, 0.5) is 0 Å². The fraction of sp³-hybridized carbons (Fsp3) is 0.769. The number of allylic oxidation sites excluding steroid dienone is 2. The molecule has 2 atom stereocenters. The highest BCUT2D eigenvalue weighted by Crippen LogP contribution is 2.46. The topological polar surface area (TPSA) is 49.7 Å². The zero-order chi connectivity index (χ0) is 24.3. The van der Waals surface area contributed by atoms with Gasteiger partial charge in [-0.15, -0.1) is 4.99 Å². The van der Waals surface area contributed by atoms with Gasteiger partial charge in [0.15, 0.2) is 5.82 Å². The predicted molar refractivity (Wildman–Crippen MR) is 146 cm³/mol. The quantitative estimate of drug-likeness (QED) is 0.141. The molecular formula is C26H45N4O2Si2+. The third kappa shape index (κ3) is 7.11. The van der Waals surface area contributed by atoms with Crippen molar-refractivity contribution in [3.63, 3.8) is 0 Å². The summed E-state index contributed by atoms with van der Waals surface area (Å²) in [5, 5.41) is 6.40. The van der Waals surface area contributed by atoms with Crippen molar-refractivity contribution in [1.29, 1.82) is 0 Å². The first kappa shape index (κ1) is 25.8. The first-order valence-corrected chi connectivity index (χ1v) is 20.7. The van der Waals surface area contributed by atoms with Crippen LogP contribution in [0.1, 0.15) is 32.1 Å². The maximum absolute atomic E-state index is 6.20. The Bertz CT molecular complexity index is 807. The van der Waals surface area contributed by atoms with Crippen molar-refractivity contribution in [1.82, 2.24) is 9.91 Å². The molecule has 2 bridgehead atoms. The Labute approximate surface area is 209 Å². The number of rotatable bonds is 12. The van der Waals surface area contributed by atoms with Gasteiger partial charge in [-0.05, 0) is 43.2 Å². The van der Waals surface area contributed by atoms with Gasteiger partial charge in [0, 0.05) is 46.5 Å². The minimum Gasteiger partial charge on any atom is -0.361 e. The van der Waals surface area contributed by atoms with Crippen molar-refractivity contribution in [3.05, 3.63) is 23.8 Å². The molecule has 0 aromatic carbocycles. The highest BCUT2D eigenvalue weighted by atomic mass is 28.3. The molecule has 2 fully saturated rings. The second-order valence-corrected chi connectivity index (χ2v) is 24.3. The fourth-order valence-electron chi connectivity index (χ4n) is 5.32. The Morgan fingerprint density at radius 1 is 0.941 bits per heavy atom. The SMILES string of the molecule is C[Si](C)(C)CCOCN(COCC[Si](C)(C)C)C1=CC(C2CC3CCC(C3)C2)=NC2=C[C+]=NN21. The van der Waals surface area contributed by atoms with Gasteiger partial charge in [0.25, 0.3) is 0 Å². The van der Waals surface area contributed by atoms with Crippen LogP contribution in [-0.4, -0.2) is 64.7 Å². The maximum Gasteiger partial charge on any atom is 0.307 e. The van der Waals surface area contributed by atoms with Crippen molar-refractivity contribution >= 4 is 28.1 Å². The lowest BCUT2D eigenvalue weighted by Crippen LogP contribution is -2.39. The summed E-state index contributed by atoms with van der Waals surface area (Å²) in [5.41, 5.74) is 1.21. The van der Waals surface area contributed by atoms with Crippen molar-refractivity contribution in [2.45, 2.75) is 83.5 Å². The molecule has 2 heterocycles. The Balaban J connectivity index is 1.48. The van der Waals surface area contributed by atoms with E-state index in [4.69, 9.17) is 14.5 Å². The van der Waals surface area contributed by atoms with E-state index in [1.54, 1.807) is 0 Å². The average molecular weight is 502 g/mol. The van der Waals surface area contributed by atoms with E-state index in [1.807, 2.05) is 11.1 Å². The molecule has 4 rings (SSSR count). The van der Waals surface area contributed by atoms with Crippen LogP contribution in [0.25, 0.3) is 0 Å². The first-order valence-electron chi connectivity index (χ1n) is 13.2. The summed E-state index contributed by atoms with van der Waals surface area (Å²) in [5.74, 6) is 4.20. The summed E-state index contributed by atoms with van der Waals surface area (Å²) in [7, 11) is -2.27. The second kappa shape index (κ2) is 10.7. The van der Waals surface area contributed by atoms with Crippen LogP contribution in [0.15, 0.2) is 33.9 Å². The number of hydrazone groups is 1. The minimum absolute atomic E-state index is 0.506. The van der Waals surface area contributed by atoms with Crippen LogP contribution in [0.3, 0.4) is 0 Å². The number of nitrogens with zero attached hydrogens (tertiary/aromatic N) is 4. The molecule has 0 N–H and O–H groups in total. The van der Waals surface area contributed by atoms with E-state index in [2.05, 4.69) is 61.6 Å². The average Bonchev–Trinajstić information content (AvgIpc) is 3.36. The van der Waals surface area contributed by atoms with Gasteiger partial charge in [0.1, 0.15) is 13.5 Å². The van der Waals surface area contributed by atoms with E-state index in [-0.39, 0.29) is 0 Å². The molecule has 188 valence electrons. The number of ether oxygens (including phenoxy) is 2. The van der Waals surface area contributed by atoms with Gasteiger partial charge in [0.05, 0.1) is 5.71 Å². The number of aliphatic imine (C=N–C) groups is 1. The predicted octanol–water partition coefficient (Wildman–Crippen LogP) is 6.06. The molecule has 2 aliphatic heterocycles. The van der Waals surface area contributed by atoms with Crippen molar-refractivity contribution in [2.24, 2.45) is 27.8 Å². The summed E-state index contributed by atoms with van der Waals surface area (Å²) in [6, 6.07) is 2.32. The van der Waals surface area contributed by atoms with E-state index >= 15 is 0 Å². The van der Waals surface area contributed by atoms with Gasteiger partial charge in [-0.2, -0.15) is 0 Å². The zero-order valence-electron chi connectivity index (χ0n) is 22.3. The molecule has 0 spiro atoms. The van der Waals surface area contributed by atoms with Crippen molar-refractivity contribution in [3.8, 4) is 0 Å². The highest BCUT2D eigenvalue weighted by Gasteiger charge is 2.40. The summed E-state index contributed by atoms with van der Waals surface area (Å²) >= 11 is 0. The largest absolute Gasteiger partial charge is 0.361 e. The Morgan fingerprint density at radius 2 is 1.53 bits per heavy atom. The highest BCUT2D eigenvalue weighted by molar-refractivity contribution is 6.76. The van der Waals surface area contributed by atoms with Crippen LogP contribution < -0.4 is 0 Å². The molecule has 6 nitrogen and oxygen atoms in total. The van der Waals surface area contributed by atoms with E-state index in [1.165, 1.54) is 37.8 Å². The first-order chi connectivity index (χ1) is 16.1. The molecule has 2 saturated carbocycles. The molecule has 0 amide bonds. The van der Waals surface area contributed by atoms with E-state index in [0.29, 0.717) is 19.4 Å². The molecule has 8 heteroatoms. The monoisotopic (exact) mass is 501 g/mol. The molecule has 0 aromatic heterocycles. The van der Waals surface area contributed by atoms with Crippen LogP contribution >= 0.6 is 0 Å². The Morgan fingerprint density at radius 3 is 2.09 bits per heavy atom. The van der Waals surface area contributed by atoms with Crippen LogP contribution in [-0.2, 0) is 9.47 Å². The van der Waals surface area contributed by atoms with Crippen molar-refractivity contribution in [2.75, 3.05) is 26.7 Å². The number of hydrogen-bond donors (Lipinski definition) is 0. The van der Waals surface area contributed by atoms with Gasteiger partial charge >= 0.3 is 5.82 Å². The molecule has 2 unspecified atom stereocenters. The molecule has 4 aliphatic rings. The molecule has 0 aromatic rings. The summed E-state index contributed by atoms with van der Waals surface area (Å²) in [6.07, 6.45) is 14.0. The van der Waals surface area contributed by atoms with Gasteiger partial charge in [-0.3, -0.25) is 0 Å². The molecule has 34 heavy (non-hydrogen) atoms. The smallest absolute Gasteiger partial charge is 0.307 e. The fourth-order valence-corrected chi connectivity index (χ4v) is 6.84. The lowest BCUT2D eigenvalue weighted by molar-refractivity contribution is -0.0328. The van der Waals surface area contributed by atoms with Crippen LogP contribution in [0.2, 0.25) is 51.4 Å². The van der Waals surface area contributed by atoms with Gasteiger partial charge < -0.3 is 14.4 Å². The van der Waals surface area contributed by atoms with Gasteiger partial charge in [0.2, 0.25) is 12.3 Å². The third-order valence-corrected chi connectivity index (χ3v) is 10.8. The maximum atomic E-state index is 6.20. The van der Waals surface area contributed by atoms with E-state index < -0.39 is 16.1 Å². The normalized spacial score (nSPS) is 26.1. The molecule has 2 aliphatic carbocycles. The van der Waals surface area contributed by atoms with Crippen LogP contribution in [0, 0.1) is 17.8 Å². The lowest BCUT2D eigenvalue weighted by Gasteiger charge is -2.33. The molecular weight excluding hydrogens is 456 g/mol. The second-order valence-electron chi connectivity index (χ2n) is 13.0. The Kier molecular flexibility index (Phi) is 8.14. The molecule has 0 saturated heterocycles. The number of hydrogen-bond acceptors (Lipinski definition) is 6. The van der Waals surface area contributed by atoms with Crippen LogP contribution in [0.5, 0.6) is 0 Å². The summed E-state index contributed by atoms with van der Waals surface area (Å²) in [6.45, 7) is 16.9. The summed E-state index contributed by atoms with van der Waals surface area (Å²) in [4.78, 5) is 7.23.